The van der Waals surface area contributed by atoms with Crippen LogP contribution in [-0.4, -0.2) is 27.7 Å². The van der Waals surface area contributed by atoms with Gasteiger partial charge in [0.05, 0.1) is 0 Å². The first-order valence-corrected chi connectivity index (χ1v) is 3.58. The van der Waals surface area contributed by atoms with Crippen LogP contribution in [-0.2, 0) is 0 Å². The number of aromatic nitrogens is 3. The molecule has 1 heterocycles. The van der Waals surface area contributed by atoms with Gasteiger partial charge in [-0.15, -0.1) is 31.3 Å². The molecule has 0 aromatic carbocycles. The number of hydrogen-bond donors (Lipinski definition) is 1. The summed E-state index contributed by atoms with van der Waals surface area (Å²) in [7, 11) is 0. The van der Waals surface area contributed by atoms with Crippen molar-refractivity contribution in [2.45, 2.75) is 12.7 Å². The number of nitrogens with zero attached hydrogens (tertiary/aromatic N) is 3. The second-order valence-corrected chi connectivity index (χ2v) is 2.35. The van der Waals surface area contributed by atoms with E-state index in [2.05, 4.69) is 24.4 Å². The third kappa shape index (κ3) is 5.03. The summed E-state index contributed by atoms with van der Waals surface area (Å²) in [5.41, 5.74) is 4.84. The molecule has 0 saturated carbocycles. The average Bonchev–Trinajstić information content (AvgIpc) is 1.93. The maximum absolute atomic E-state index is 11.7. The Morgan fingerprint density at radius 1 is 0.765 bits per heavy atom. The Morgan fingerprint density at radius 3 is 1.41 bits per heavy atom. The van der Waals surface area contributed by atoms with Crippen LogP contribution in [0.3, 0.4) is 0 Å². The highest BCUT2D eigenvalue weighted by molar-refractivity contribution is 5.20. The Morgan fingerprint density at radius 2 is 1.12 bits per heavy atom. The molecule has 0 amide bonds. The summed E-state index contributed by atoms with van der Waals surface area (Å²) in [5, 5.41) is 0. The topological polar surface area (TPSA) is 83.2 Å². The van der Waals surface area contributed by atoms with Crippen molar-refractivity contribution in [3.8, 4) is 12.0 Å². The lowest BCUT2D eigenvalue weighted by atomic mass is 10.9. The second kappa shape index (κ2) is 4.10. The van der Waals surface area contributed by atoms with Crippen molar-refractivity contribution < 1.29 is 35.8 Å². The second-order valence-electron chi connectivity index (χ2n) is 2.35. The fraction of sp³-hybridized carbons (Fsp3) is 0.400. The van der Waals surface area contributed by atoms with Gasteiger partial charge in [0.1, 0.15) is 0 Å². The molecule has 0 radical (unpaired) electrons. The molecule has 96 valence electrons. The Kier molecular flexibility index (Phi) is 3.15. The van der Waals surface area contributed by atoms with Gasteiger partial charge < -0.3 is 15.2 Å². The van der Waals surface area contributed by atoms with Crippen molar-refractivity contribution in [3.05, 3.63) is 0 Å². The van der Waals surface area contributed by atoms with E-state index >= 15 is 0 Å². The highest BCUT2D eigenvalue weighted by Crippen LogP contribution is 2.24. The standard InChI is InChI=1S/C5H2F6N4O2/c6-4(7,8)16-2-13-1(12)14-3(15-2)17-5(9,10)11/h(H2,12,13,14,15). The first kappa shape index (κ1) is 13.1. The van der Waals surface area contributed by atoms with Crippen LogP contribution in [0, 0.1) is 0 Å². The lowest BCUT2D eigenvalue weighted by Gasteiger charge is -2.09. The van der Waals surface area contributed by atoms with Gasteiger partial charge in [-0.2, -0.15) is 9.97 Å². The Labute approximate surface area is 88.4 Å². The van der Waals surface area contributed by atoms with Crippen molar-refractivity contribution in [2.24, 2.45) is 0 Å². The largest absolute Gasteiger partial charge is 0.575 e. The highest BCUT2D eigenvalue weighted by Gasteiger charge is 2.35. The molecular weight excluding hydrogens is 262 g/mol. The van der Waals surface area contributed by atoms with Gasteiger partial charge in [0.15, 0.2) is 0 Å². The first-order valence-electron chi connectivity index (χ1n) is 3.58. The monoisotopic (exact) mass is 264 g/mol. The molecule has 0 aliphatic carbocycles. The van der Waals surface area contributed by atoms with Gasteiger partial charge in [0.2, 0.25) is 5.95 Å². The summed E-state index contributed by atoms with van der Waals surface area (Å²) in [6.45, 7) is 0. The van der Waals surface area contributed by atoms with Gasteiger partial charge in [0, 0.05) is 0 Å². The van der Waals surface area contributed by atoms with E-state index in [1.165, 1.54) is 0 Å². The zero-order chi connectivity index (χ0) is 13.3. The minimum absolute atomic E-state index is 0.918. The van der Waals surface area contributed by atoms with E-state index in [1.54, 1.807) is 0 Å². The number of rotatable bonds is 2. The van der Waals surface area contributed by atoms with E-state index in [4.69, 9.17) is 5.73 Å². The molecule has 0 fully saturated rings. The van der Waals surface area contributed by atoms with Gasteiger partial charge in [-0.25, -0.2) is 0 Å². The van der Waals surface area contributed by atoms with Crippen molar-refractivity contribution >= 4 is 5.95 Å². The van der Waals surface area contributed by atoms with Crippen LogP contribution in [0.25, 0.3) is 0 Å². The zero-order valence-electron chi connectivity index (χ0n) is 7.50. The van der Waals surface area contributed by atoms with Crippen LogP contribution < -0.4 is 15.2 Å². The van der Waals surface area contributed by atoms with Crippen LogP contribution in [0.2, 0.25) is 0 Å². The maximum atomic E-state index is 11.7. The van der Waals surface area contributed by atoms with Crippen LogP contribution in [0.15, 0.2) is 0 Å². The average molecular weight is 264 g/mol. The third-order valence-corrected chi connectivity index (χ3v) is 1.03. The van der Waals surface area contributed by atoms with Crippen LogP contribution in [0.1, 0.15) is 0 Å². The number of nitrogens with two attached hydrogens (primary N) is 1. The molecule has 0 aliphatic rings. The van der Waals surface area contributed by atoms with Crippen molar-refractivity contribution in [1.82, 2.24) is 15.0 Å². The van der Waals surface area contributed by atoms with E-state index in [0.29, 0.717) is 0 Å². The quantitative estimate of drug-likeness (QED) is 0.809. The minimum Gasteiger partial charge on any atom is -0.370 e. The van der Waals surface area contributed by atoms with E-state index in [1.807, 2.05) is 0 Å². The Bertz CT molecular complexity index is 370. The van der Waals surface area contributed by atoms with Gasteiger partial charge in [-0.05, 0) is 0 Å². The molecule has 6 nitrogen and oxygen atoms in total. The number of alkyl halides is 6. The van der Waals surface area contributed by atoms with E-state index < -0.39 is 30.7 Å². The third-order valence-electron chi connectivity index (χ3n) is 1.03. The molecule has 1 rings (SSSR count). The van der Waals surface area contributed by atoms with E-state index in [0.717, 1.165) is 0 Å². The molecule has 17 heavy (non-hydrogen) atoms. The summed E-state index contributed by atoms with van der Waals surface area (Å²) in [6.07, 6.45) is -10.4. The zero-order valence-corrected chi connectivity index (χ0v) is 7.50. The lowest BCUT2D eigenvalue weighted by Crippen LogP contribution is -2.22. The molecule has 0 saturated heterocycles. The SMILES string of the molecule is Nc1nc(OC(F)(F)F)nc(OC(F)(F)F)n1. The number of anilines is 1. The molecular formula is C5H2F6N4O2. The molecule has 0 unspecified atom stereocenters. The number of halogens is 6. The molecule has 12 heteroatoms. The van der Waals surface area contributed by atoms with Crippen LogP contribution in [0.4, 0.5) is 32.3 Å². The number of nitrogen functional groups attached to an aromatic ring is 1. The van der Waals surface area contributed by atoms with Crippen molar-refractivity contribution in [3.63, 3.8) is 0 Å². The van der Waals surface area contributed by atoms with Gasteiger partial charge in [-0.1, -0.05) is 0 Å². The fourth-order valence-electron chi connectivity index (χ4n) is 0.651. The number of hydrogen-bond acceptors (Lipinski definition) is 6. The minimum atomic E-state index is -5.18. The smallest absolute Gasteiger partial charge is 0.370 e. The Hall–Kier alpha value is -2.01. The highest BCUT2D eigenvalue weighted by atomic mass is 19.4. The molecule has 0 aliphatic heterocycles. The van der Waals surface area contributed by atoms with Gasteiger partial charge >= 0.3 is 24.7 Å². The lowest BCUT2D eigenvalue weighted by molar-refractivity contribution is -0.281. The summed E-state index contributed by atoms with van der Waals surface area (Å²) in [4.78, 5) is 8.25. The number of ether oxygens (including phenoxy) is 2. The van der Waals surface area contributed by atoms with Gasteiger partial charge in [-0.3, -0.25) is 0 Å². The van der Waals surface area contributed by atoms with Gasteiger partial charge in [0.25, 0.3) is 0 Å². The van der Waals surface area contributed by atoms with E-state index in [-0.39, 0.29) is 0 Å². The molecule has 2 N–H and O–H groups in total. The summed E-state index contributed by atoms with van der Waals surface area (Å²) in [6, 6.07) is -2.91. The molecule has 1 aromatic rings. The maximum Gasteiger partial charge on any atom is 0.575 e. The first-order chi connectivity index (χ1) is 7.55. The van der Waals surface area contributed by atoms with Crippen molar-refractivity contribution in [1.29, 1.82) is 0 Å². The van der Waals surface area contributed by atoms with E-state index in [9.17, 15) is 26.3 Å². The molecule has 1 aromatic heterocycles. The summed E-state index contributed by atoms with van der Waals surface area (Å²) < 4.78 is 76.6. The molecule has 0 bridgehead atoms. The summed E-state index contributed by atoms with van der Waals surface area (Å²) >= 11 is 0. The fourth-order valence-corrected chi connectivity index (χ4v) is 0.651. The Balaban J connectivity index is 2.95. The normalized spacial score (nSPS) is 12.4. The molecule has 0 spiro atoms. The van der Waals surface area contributed by atoms with Crippen molar-refractivity contribution in [2.75, 3.05) is 5.73 Å². The predicted octanol–water partition coefficient (Wildman–Crippen LogP) is 1.25. The predicted molar refractivity (Wildman–Crippen MR) is 37.6 cm³/mol. The van der Waals surface area contributed by atoms with Crippen LogP contribution >= 0.6 is 0 Å². The van der Waals surface area contributed by atoms with Crippen LogP contribution in [0.5, 0.6) is 12.0 Å². The molecule has 0 atom stereocenters. The summed E-state index contributed by atoms with van der Waals surface area (Å²) in [5.74, 6) is -0.918.